The number of aromatic nitrogens is 1. The molecule has 0 aliphatic carbocycles. The Bertz CT molecular complexity index is 506. The Morgan fingerprint density at radius 1 is 1.30 bits per heavy atom. The minimum atomic E-state index is -0.359. The van der Waals surface area contributed by atoms with E-state index in [0.717, 1.165) is 12.8 Å². The van der Waals surface area contributed by atoms with Crippen LogP contribution in [-0.2, 0) is 9.59 Å². The van der Waals surface area contributed by atoms with Crippen LogP contribution in [0.3, 0.4) is 0 Å². The van der Waals surface area contributed by atoms with Gasteiger partial charge in [-0.2, -0.15) is 0 Å². The monoisotopic (exact) mass is 364 g/mol. The van der Waals surface area contributed by atoms with Crippen molar-refractivity contribution in [3.63, 3.8) is 0 Å². The molecular formula is C14H25ClN4O3S. The van der Waals surface area contributed by atoms with Crippen molar-refractivity contribution in [2.45, 2.75) is 39.2 Å². The molecule has 0 fully saturated rings. The van der Waals surface area contributed by atoms with Crippen molar-refractivity contribution >= 4 is 41.8 Å². The lowest BCUT2D eigenvalue weighted by Gasteiger charge is -2.26. The van der Waals surface area contributed by atoms with E-state index in [9.17, 15) is 9.59 Å². The molecule has 0 saturated carbocycles. The molecule has 0 aliphatic heterocycles. The molecule has 1 aromatic rings. The molecule has 0 aromatic carbocycles. The molecule has 1 heterocycles. The van der Waals surface area contributed by atoms with E-state index in [-0.39, 0.29) is 41.3 Å². The van der Waals surface area contributed by atoms with Crippen molar-refractivity contribution < 1.29 is 14.1 Å². The molecule has 132 valence electrons. The van der Waals surface area contributed by atoms with Crippen LogP contribution in [0.4, 0.5) is 5.82 Å². The fourth-order valence-corrected chi connectivity index (χ4v) is 2.31. The molecule has 9 heteroatoms. The fourth-order valence-electron chi connectivity index (χ4n) is 1.67. The van der Waals surface area contributed by atoms with Crippen molar-refractivity contribution in [1.29, 1.82) is 0 Å². The molecule has 0 atom stereocenters. The van der Waals surface area contributed by atoms with E-state index in [2.05, 4.69) is 15.8 Å². The standard InChI is InChI=1S/C14H24N4O3S.ClH/c1-4-14(15,5-2)9-16-12(19)7-22-8-13(20)17-11-6-10(3)21-18-11;/h6H,4-5,7-9,15H2,1-3H3,(H,16,19)(H,17,18,20);1H. The maximum Gasteiger partial charge on any atom is 0.235 e. The molecule has 0 aliphatic rings. The molecule has 0 bridgehead atoms. The first-order valence-electron chi connectivity index (χ1n) is 7.25. The second-order valence-electron chi connectivity index (χ2n) is 5.21. The van der Waals surface area contributed by atoms with Gasteiger partial charge in [0.2, 0.25) is 11.8 Å². The normalized spacial score (nSPS) is 10.8. The number of aryl methyl sites for hydroxylation is 1. The van der Waals surface area contributed by atoms with Gasteiger partial charge in [-0.25, -0.2) is 0 Å². The molecule has 4 N–H and O–H groups in total. The summed E-state index contributed by atoms with van der Waals surface area (Å²) in [6.45, 7) is 6.19. The van der Waals surface area contributed by atoms with Gasteiger partial charge >= 0.3 is 0 Å². The topological polar surface area (TPSA) is 110 Å². The number of nitrogens with two attached hydrogens (primary N) is 1. The molecule has 0 unspecified atom stereocenters. The van der Waals surface area contributed by atoms with E-state index in [1.807, 2.05) is 13.8 Å². The van der Waals surface area contributed by atoms with Crippen molar-refractivity contribution in [2.24, 2.45) is 5.73 Å². The van der Waals surface area contributed by atoms with E-state index < -0.39 is 0 Å². The van der Waals surface area contributed by atoms with Crippen molar-refractivity contribution in [3.8, 4) is 0 Å². The highest BCUT2D eigenvalue weighted by Gasteiger charge is 2.20. The average Bonchev–Trinajstić information content (AvgIpc) is 2.89. The summed E-state index contributed by atoms with van der Waals surface area (Å²) in [5.74, 6) is 1.06. The third kappa shape index (κ3) is 8.24. The number of nitrogens with zero attached hydrogens (tertiary/aromatic N) is 1. The van der Waals surface area contributed by atoms with Gasteiger partial charge < -0.3 is 20.9 Å². The first-order valence-corrected chi connectivity index (χ1v) is 8.40. The number of halogens is 1. The van der Waals surface area contributed by atoms with Gasteiger partial charge in [-0.3, -0.25) is 9.59 Å². The minimum absolute atomic E-state index is 0. The molecule has 2 amide bonds. The Kier molecular flexibility index (Phi) is 9.94. The molecule has 1 aromatic heterocycles. The van der Waals surface area contributed by atoms with Crippen LogP contribution in [0.2, 0.25) is 0 Å². The highest BCUT2D eigenvalue weighted by atomic mass is 35.5. The van der Waals surface area contributed by atoms with Crippen molar-refractivity contribution in [3.05, 3.63) is 11.8 Å². The van der Waals surface area contributed by atoms with Crippen molar-refractivity contribution in [1.82, 2.24) is 10.5 Å². The van der Waals surface area contributed by atoms with Crippen LogP contribution in [0.15, 0.2) is 10.6 Å². The van der Waals surface area contributed by atoms with Gasteiger partial charge in [-0.15, -0.1) is 24.2 Å². The zero-order valence-corrected chi connectivity index (χ0v) is 15.3. The first kappa shape index (κ1) is 21.8. The highest BCUT2D eigenvalue weighted by Crippen LogP contribution is 2.10. The molecule has 23 heavy (non-hydrogen) atoms. The van der Waals surface area contributed by atoms with E-state index in [1.165, 1.54) is 11.8 Å². The first-order chi connectivity index (χ1) is 10.4. The molecule has 0 saturated heterocycles. The number of anilines is 1. The minimum Gasteiger partial charge on any atom is -0.360 e. The molecular weight excluding hydrogens is 340 g/mol. The van der Waals surface area contributed by atoms with Gasteiger partial charge in [0.05, 0.1) is 11.5 Å². The summed E-state index contributed by atoms with van der Waals surface area (Å²) >= 11 is 1.24. The van der Waals surface area contributed by atoms with Crippen LogP contribution in [0.5, 0.6) is 0 Å². The summed E-state index contributed by atoms with van der Waals surface area (Å²) in [7, 11) is 0. The van der Waals surface area contributed by atoms with Gasteiger partial charge in [0.25, 0.3) is 0 Å². The zero-order valence-electron chi connectivity index (χ0n) is 13.7. The number of hydrogen-bond acceptors (Lipinski definition) is 6. The van der Waals surface area contributed by atoms with Gasteiger partial charge in [-0.05, 0) is 19.8 Å². The Morgan fingerprint density at radius 2 is 1.91 bits per heavy atom. The summed E-state index contributed by atoms with van der Waals surface area (Å²) in [6, 6.07) is 1.63. The SMILES string of the molecule is CCC(N)(CC)CNC(=O)CSCC(=O)Nc1cc(C)on1.Cl. The van der Waals surface area contributed by atoms with E-state index in [1.54, 1.807) is 13.0 Å². The third-order valence-electron chi connectivity index (χ3n) is 3.41. The summed E-state index contributed by atoms with van der Waals surface area (Å²) in [5.41, 5.74) is 5.75. The highest BCUT2D eigenvalue weighted by molar-refractivity contribution is 8.00. The van der Waals surface area contributed by atoms with Crippen LogP contribution in [-0.4, -0.2) is 40.6 Å². The maximum absolute atomic E-state index is 11.7. The van der Waals surface area contributed by atoms with Gasteiger partial charge in [0.1, 0.15) is 5.76 Å². The van der Waals surface area contributed by atoms with Crippen LogP contribution >= 0.6 is 24.2 Å². The van der Waals surface area contributed by atoms with Crippen LogP contribution in [0, 0.1) is 6.92 Å². The zero-order chi connectivity index (χ0) is 16.6. The molecule has 1 rings (SSSR count). The van der Waals surface area contributed by atoms with E-state index in [4.69, 9.17) is 10.3 Å². The predicted octanol–water partition coefficient (Wildman–Crippen LogP) is 1.71. The van der Waals surface area contributed by atoms with Crippen LogP contribution < -0.4 is 16.4 Å². The molecule has 0 spiro atoms. The lowest BCUT2D eigenvalue weighted by Crippen LogP contribution is -2.49. The Morgan fingerprint density at radius 3 is 2.43 bits per heavy atom. The average molecular weight is 365 g/mol. The second-order valence-corrected chi connectivity index (χ2v) is 6.20. The maximum atomic E-state index is 11.7. The van der Waals surface area contributed by atoms with Crippen LogP contribution in [0.1, 0.15) is 32.4 Å². The third-order valence-corrected chi connectivity index (χ3v) is 4.34. The Hall–Kier alpha value is -1.25. The number of amides is 2. The lowest BCUT2D eigenvalue weighted by molar-refractivity contribution is -0.118. The largest absolute Gasteiger partial charge is 0.360 e. The van der Waals surface area contributed by atoms with Gasteiger partial charge in [0.15, 0.2) is 5.82 Å². The Balaban J connectivity index is 0.00000484. The summed E-state index contributed by atoms with van der Waals surface area (Å²) < 4.78 is 4.85. The summed E-state index contributed by atoms with van der Waals surface area (Å²) in [5, 5.41) is 9.07. The molecule has 0 radical (unpaired) electrons. The number of carbonyl (C=O) groups is 2. The second kappa shape index (κ2) is 10.5. The Labute approximate surface area is 146 Å². The van der Waals surface area contributed by atoms with E-state index >= 15 is 0 Å². The number of carbonyl (C=O) groups excluding carboxylic acids is 2. The van der Waals surface area contributed by atoms with Crippen molar-refractivity contribution in [2.75, 3.05) is 23.4 Å². The number of hydrogen-bond donors (Lipinski definition) is 3. The number of rotatable bonds is 9. The number of nitrogens with one attached hydrogen (secondary N) is 2. The summed E-state index contributed by atoms with van der Waals surface area (Å²) in [6.07, 6.45) is 1.60. The number of thioether (sulfide) groups is 1. The van der Waals surface area contributed by atoms with E-state index in [0.29, 0.717) is 18.1 Å². The summed E-state index contributed by atoms with van der Waals surface area (Å²) in [4.78, 5) is 23.4. The fraction of sp³-hybridized carbons (Fsp3) is 0.643. The predicted molar refractivity (Wildman–Crippen MR) is 95.0 cm³/mol. The molecule has 7 nitrogen and oxygen atoms in total. The van der Waals surface area contributed by atoms with Gasteiger partial charge in [-0.1, -0.05) is 19.0 Å². The lowest BCUT2D eigenvalue weighted by atomic mass is 9.94. The quantitative estimate of drug-likeness (QED) is 0.615. The van der Waals surface area contributed by atoms with Gasteiger partial charge in [0, 0.05) is 18.2 Å². The van der Waals surface area contributed by atoms with Crippen LogP contribution in [0.25, 0.3) is 0 Å². The smallest absolute Gasteiger partial charge is 0.235 e.